The van der Waals surface area contributed by atoms with Crippen molar-refractivity contribution in [3.05, 3.63) is 211 Å². The standard InChI is InChI=1S/C57H40N6/c1-37-26-35-47-46-24-14-15-25-48(46)50(38-27-31-44(32-28-38)56-60-52(40-16-6-2-7-17-40)58-53(61-56)41-18-8-3-9-19-41)51(49(47)36-37)39-29-33-45(34-30-39)57-62-54(42-20-10-4-11-21-42)59-55(63-57)43-22-12-5-13-23-43/h2-35,37H,36H2,1H3. The summed E-state index contributed by atoms with van der Waals surface area (Å²) in [6.07, 6.45) is 5.60. The molecule has 0 saturated heterocycles. The molecule has 10 aromatic rings. The van der Waals surface area contributed by atoms with Crippen molar-refractivity contribution < 1.29 is 0 Å². The van der Waals surface area contributed by atoms with E-state index in [1.54, 1.807) is 0 Å². The van der Waals surface area contributed by atoms with Crippen LogP contribution in [0.2, 0.25) is 0 Å². The zero-order valence-corrected chi connectivity index (χ0v) is 34.6. The average Bonchev–Trinajstić information content (AvgIpc) is 3.37. The van der Waals surface area contributed by atoms with E-state index in [2.05, 4.69) is 91.9 Å². The zero-order chi connectivity index (χ0) is 42.1. The Kier molecular flexibility index (Phi) is 9.79. The van der Waals surface area contributed by atoms with Crippen LogP contribution in [-0.2, 0) is 6.42 Å². The van der Waals surface area contributed by atoms with Gasteiger partial charge in [-0.15, -0.1) is 0 Å². The summed E-state index contributed by atoms with van der Waals surface area (Å²) in [5.41, 5.74) is 13.0. The monoisotopic (exact) mass is 808 g/mol. The van der Waals surface area contributed by atoms with Crippen LogP contribution in [0.15, 0.2) is 200 Å². The molecule has 0 fully saturated rings. The van der Waals surface area contributed by atoms with E-state index in [0.29, 0.717) is 40.9 Å². The molecule has 2 aromatic heterocycles. The summed E-state index contributed by atoms with van der Waals surface area (Å²) < 4.78 is 0. The Morgan fingerprint density at radius 1 is 0.317 bits per heavy atom. The van der Waals surface area contributed by atoms with Crippen LogP contribution >= 0.6 is 0 Å². The van der Waals surface area contributed by atoms with E-state index in [4.69, 9.17) is 29.9 Å². The number of benzene rings is 8. The number of rotatable bonds is 8. The predicted molar refractivity (Wildman–Crippen MR) is 256 cm³/mol. The van der Waals surface area contributed by atoms with Gasteiger partial charge in [0.2, 0.25) is 0 Å². The van der Waals surface area contributed by atoms with Gasteiger partial charge in [0.05, 0.1) is 0 Å². The van der Waals surface area contributed by atoms with Crippen molar-refractivity contribution in [1.82, 2.24) is 29.9 Å². The third-order valence-electron chi connectivity index (χ3n) is 11.7. The van der Waals surface area contributed by atoms with E-state index in [9.17, 15) is 0 Å². The van der Waals surface area contributed by atoms with Crippen molar-refractivity contribution in [2.24, 2.45) is 5.92 Å². The molecule has 0 saturated carbocycles. The Balaban J connectivity index is 1.05. The largest absolute Gasteiger partial charge is 0.208 e. The Morgan fingerprint density at radius 3 is 1.00 bits per heavy atom. The number of nitrogens with zero attached hydrogens (tertiary/aromatic N) is 6. The zero-order valence-electron chi connectivity index (χ0n) is 34.6. The summed E-state index contributed by atoms with van der Waals surface area (Å²) in [6.45, 7) is 2.30. The molecule has 1 atom stereocenters. The fraction of sp³-hybridized carbons (Fsp3) is 0.0526. The van der Waals surface area contributed by atoms with E-state index in [0.717, 1.165) is 50.9 Å². The van der Waals surface area contributed by atoms with Gasteiger partial charge in [0.1, 0.15) is 0 Å². The summed E-state index contributed by atoms with van der Waals surface area (Å²) >= 11 is 0. The molecule has 11 rings (SSSR count). The van der Waals surface area contributed by atoms with Crippen LogP contribution in [0.3, 0.4) is 0 Å². The highest BCUT2D eigenvalue weighted by atomic mass is 15.0. The fourth-order valence-electron chi connectivity index (χ4n) is 8.64. The van der Waals surface area contributed by atoms with Gasteiger partial charge in [-0.25, -0.2) is 29.9 Å². The van der Waals surface area contributed by atoms with Crippen LogP contribution in [0.4, 0.5) is 0 Å². The summed E-state index contributed by atoms with van der Waals surface area (Å²) in [7, 11) is 0. The van der Waals surface area contributed by atoms with Crippen molar-refractivity contribution in [1.29, 1.82) is 0 Å². The maximum atomic E-state index is 5.02. The van der Waals surface area contributed by atoms with Crippen molar-refractivity contribution in [3.63, 3.8) is 0 Å². The molecule has 2 heterocycles. The van der Waals surface area contributed by atoms with Crippen molar-refractivity contribution in [2.45, 2.75) is 13.3 Å². The highest BCUT2D eigenvalue weighted by Crippen LogP contribution is 2.46. The van der Waals surface area contributed by atoms with Crippen LogP contribution in [0.1, 0.15) is 18.1 Å². The SMILES string of the molecule is CC1C=Cc2c(c(-c3ccc(-c4nc(-c5ccccc5)nc(-c5ccccc5)n4)cc3)c(-c3ccc(-c4nc(-c5ccccc5)nc(-c5ccccc5)n4)cc3)c3ccccc23)C1. The lowest BCUT2D eigenvalue weighted by atomic mass is 9.78. The summed E-state index contributed by atoms with van der Waals surface area (Å²) in [5.74, 6) is 4.22. The second-order valence-electron chi connectivity index (χ2n) is 16.0. The molecule has 1 aliphatic rings. The Bertz CT molecular complexity index is 3160. The summed E-state index contributed by atoms with van der Waals surface area (Å²) in [5, 5.41) is 2.46. The van der Waals surface area contributed by atoms with E-state index < -0.39 is 0 Å². The molecule has 0 N–H and O–H groups in total. The quantitative estimate of drug-likeness (QED) is 0.152. The van der Waals surface area contributed by atoms with Gasteiger partial charge in [-0.3, -0.25) is 0 Å². The van der Waals surface area contributed by atoms with Gasteiger partial charge in [0.15, 0.2) is 34.9 Å². The molecule has 0 aliphatic heterocycles. The molecule has 1 unspecified atom stereocenters. The minimum absolute atomic E-state index is 0.395. The maximum Gasteiger partial charge on any atom is 0.164 e. The predicted octanol–water partition coefficient (Wildman–Crippen LogP) is 13.8. The first-order chi connectivity index (χ1) is 31.1. The third-order valence-corrected chi connectivity index (χ3v) is 11.7. The third kappa shape index (κ3) is 7.38. The average molecular weight is 809 g/mol. The molecule has 0 amide bonds. The Hall–Kier alpha value is -8.22. The highest BCUT2D eigenvalue weighted by molar-refractivity contribution is 6.10. The summed E-state index contributed by atoms with van der Waals surface area (Å²) in [6, 6.07) is 66.7. The van der Waals surface area contributed by atoms with Crippen LogP contribution in [0.5, 0.6) is 0 Å². The topological polar surface area (TPSA) is 77.3 Å². The second-order valence-corrected chi connectivity index (χ2v) is 16.0. The van der Waals surface area contributed by atoms with Gasteiger partial charge in [-0.1, -0.05) is 213 Å². The molecule has 8 aromatic carbocycles. The molecule has 298 valence electrons. The lowest BCUT2D eigenvalue weighted by molar-refractivity contribution is 0.719. The molecule has 6 heteroatoms. The first-order valence-corrected chi connectivity index (χ1v) is 21.3. The maximum absolute atomic E-state index is 5.02. The highest BCUT2D eigenvalue weighted by Gasteiger charge is 2.24. The van der Waals surface area contributed by atoms with Gasteiger partial charge in [0.25, 0.3) is 0 Å². The van der Waals surface area contributed by atoms with Gasteiger partial charge in [0, 0.05) is 33.4 Å². The van der Waals surface area contributed by atoms with Crippen LogP contribution in [0.25, 0.3) is 107 Å². The van der Waals surface area contributed by atoms with Crippen molar-refractivity contribution >= 4 is 16.8 Å². The smallest absolute Gasteiger partial charge is 0.164 e. The molecule has 0 radical (unpaired) electrons. The van der Waals surface area contributed by atoms with Gasteiger partial charge in [-0.05, 0) is 56.5 Å². The molecule has 0 bridgehead atoms. The van der Waals surface area contributed by atoms with Gasteiger partial charge < -0.3 is 0 Å². The first-order valence-electron chi connectivity index (χ1n) is 21.3. The van der Waals surface area contributed by atoms with Gasteiger partial charge >= 0.3 is 0 Å². The summed E-state index contributed by atoms with van der Waals surface area (Å²) in [4.78, 5) is 29.9. The Morgan fingerprint density at radius 2 is 0.619 bits per heavy atom. The number of allylic oxidation sites excluding steroid dienone is 1. The van der Waals surface area contributed by atoms with Gasteiger partial charge in [-0.2, -0.15) is 0 Å². The van der Waals surface area contributed by atoms with E-state index in [1.807, 2.05) is 121 Å². The molecular weight excluding hydrogens is 769 g/mol. The molecule has 1 aliphatic carbocycles. The van der Waals surface area contributed by atoms with Crippen LogP contribution in [-0.4, -0.2) is 29.9 Å². The van der Waals surface area contributed by atoms with E-state index in [-0.39, 0.29) is 0 Å². The minimum atomic E-state index is 0.395. The normalized spacial score (nSPS) is 13.2. The molecule has 63 heavy (non-hydrogen) atoms. The Labute approximate surface area is 366 Å². The number of hydrogen-bond acceptors (Lipinski definition) is 6. The van der Waals surface area contributed by atoms with Crippen LogP contribution in [0, 0.1) is 5.92 Å². The lowest BCUT2D eigenvalue weighted by Crippen LogP contribution is -2.08. The minimum Gasteiger partial charge on any atom is -0.208 e. The van der Waals surface area contributed by atoms with E-state index in [1.165, 1.54) is 33.0 Å². The van der Waals surface area contributed by atoms with Crippen molar-refractivity contribution in [3.8, 4) is 90.6 Å². The molecular formula is C57H40N6. The van der Waals surface area contributed by atoms with Crippen LogP contribution < -0.4 is 0 Å². The fourth-order valence-corrected chi connectivity index (χ4v) is 8.64. The lowest BCUT2D eigenvalue weighted by Gasteiger charge is -2.26. The number of aromatic nitrogens is 6. The first kappa shape index (κ1) is 37.8. The number of fused-ring (bicyclic) bond motifs is 3. The second kappa shape index (κ2) is 16.3. The molecule has 6 nitrogen and oxygen atoms in total. The van der Waals surface area contributed by atoms with Crippen molar-refractivity contribution in [2.75, 3.05) is 0 Å². The number of hydrogen-bond donors (Lipinski definition) is 0. The molecule has 0 spiro atoms. The van der Waals surface area contributed by atoms with E-state index >= 15 is 0 Å².